The lowest BCUT2D eigenvalue weighted by molar-refractivity contribution is -0.183. The van der Waals surface area contributed by atoms with E-state index in [2.05, 4.69) is 5.32 Å². The Morgan fingerprint density at radius 1 is 1.04 bits per heavy atom. The number of aliphatic hydroxyl groups is 2. The maximum atomic E-state index is 12.0. The molecule has 7 heteroatoms. The summed E-state index contributed by atoms with van der Waals surface area (Å²) in [6, 6.07) is -0.609. The predicted octanol–water partition coefficient (Wildman–Crippen LogP) is 0.227. The fourth-order valence-corrected chi connectivity index (χ4v) is 1.95. The summed E-state index contributed by atoms with van der Waals surface area (Å²) < 4.78 is 10.5. The molecule has 1 heterocycles. The van der Waals surface area contributed by atoms with Gasteiger partial charge in [0.2, 0.25) is 0 Å². The van der Waals surface area contributed by atoms with Crippen molar-refractivity contribution in [3.8, 4) is 0 Å². The largest absolute Gasteiger partial charge is 0.464 e. The van der Waals surface area contributed by atoms with Gasteiger partial charge in [-0.3, -0.25) is 9.59 Å². The fourth-order valence-electron chi connectivity index (χ4n) is 1.95. The molecule has 0 aliphatic carbocycles. The van der Waals surface area contributed by atoms with Crippen molar-refractivity contribution >= 4 is 11.9 Å². The van der Waals surface area contributed by atoms with Crippen LogP contribution in [-0.2, 0) is 19.1 Å². The SMILES string of the molecule is CC(C)(C)C(=O)OC[C@H]1NC[C@@H](O)[C@@H](OC(=O)C(C)(C)C)[C@@H]1O. The topological polar surface area (TPSA) is 105 Å². The second kappa shape index (κ2) is 7.15. The molecule has 0 aromatic carbocycles. The van der Waals surface area contributed by atoms with Gasteiger partial charge in [-0.25, -0.2) is 0 Å². The molecule has 0 saturated carbocycles. The molecule has 1 aliphatic heterocycles. The molecule has 1 saturated heterocycles. The Kier molecular flexibility index (Phi) is 6.18. The third kappa shape index (κ3) is 5.44. The molecule has 3 N–H and O–H groups in total. The summed E-state index contributed by atoms with van der Waals surface area (Å²) in [5, 5.41) is 23.2. The van der Waals surface area contributed by atoms with Crippen molar-refractivity contribution in [2.24, 2.45) is 10.8 Å². The Bertz CT molecular complexity index is 437. The smallest absolute Gasteiger partial charge is 0.311 e. The lowest BCUT2D eigenvalue weighted by Gasteiger charge is -2.39. The van der Waals surface area contributed by atoms with Crippen molar-refractivity contribution in [1.29, 1.82) is 0 Å². The summed E-state index contributed by atoms with van der Waals surface area (Å²) >= 11 is 0. The zero-order chi connectivity index (χ0) is 18.0. The van der Waals surface area contributed by atoms with Crippen LogP contribution in [0.15, 0.2) is 0 Å². The maximum absolute atomic E-state index is 12.0. The van der Waals surface area contributed by atoms with Gasteiger partial charge in [-0.1, -0.05) is 0 Å². The van der Waals surface area contributed by atoms with Gasteiger partial charge in [0.25, 0.3) is 0 Å². The fraction of sp³-hybridized carbons (Fsp3) is 0.875. The number of hydrogen-bond acceptors (Lipinski definition) is 7. The standard InChI is InChI=1S/C16H29NO6/c1-15(2,3)13(20)22-8-9-11(19)12(10(18)7-17-9)23-14(21)16(4,5)6/h9-12,17-19H,7-8H2,1-6H3/t9-,10-,11-,12-/m1/s1. The van der Waals surface area contributed by atoms with E-state index in [0.717, 1.165) is 0 Å². The Balaban J connectivity index is 2.68. The molecule has 4 atom stereocenters. The van der Waals surface area contributed by atoms with E-state index in [9.17, 15) is 19.8 Å². The van der Waals surface area contributed by atoms with Crippen LogP contribution < -0.4 is 5.32 Å². The van der Waals surface area contributed by atoms with Gasteiger partial charge in [0.05, 0.1) is 16.9 Å². The molecule has 0 aromatic rings. The number of hydrogen-bond donors (Lipinski definition) is 3. The van der Waals surface area contributed by atoms with Crippen LogP contribution in [0, 0.1) is 10.8 Å². The normalized spacial score (nSPS) is 29.0. The number of β-amino-alcohol motifs (C(OH)–C–C–N with tert-alkyl or cyclic N) is 1. The summed E-state index contributed by atoms with van der Waals surface area (Å²) in [7, 11) is 0. The van der Waals surface area contributed by atoms with E-state index < -0.39 is 41.2 Å². The number of ether oxygens (including phenoxy) is 2. The van der Waals surface area contributed by atoms with Gasteiger partial charge < -0.3 is 25.0 Å². The van der Waals surface area contributed by atoms with Gasteiger partial charge in [-0.2, -0.15) is 0 Å². The van der Waals surface area contributed by atoms with Gasteiger partial charge in [0, 0.05) is 6.54 Å². The number of aliphatic hydroxyl groups excluding tert-OH is 2. The molecule has 1 fully saturated rings. The van der Waals surface area contributed by atoms with E-state index in [4.69, 9.17) is 9.47 Å². The summed E-state index contributed by atoms with van der Waals surface area (Å²) in [6.45, 7) is 10.4. The molecule has 23 heavy (non-hydrogen) atoms. The summed E-state index contributed by atoms with van der Waals surface area (Å²) in [4.78, 5) is 23.8. The van der Waals surface area contributed by atoms with Crippen LogP contribution in [0.2, 0.25) is 0 Å². The summed E-state index contributed by atoms with van der Waals surface area (Å²) in [5.41, 5.74) is -1.38. The Morgan fingerprint density at radius 3 is 2.04 bits per heavy atom. The molecular formula is C16H29NO6. The molecule has 1 aliphatic rings. The average molecular weight is 331 g/mol. The molecule has 134 valence electrons. The van der Waals surface area contributed by atoms with Gasteiger partial charge >= 0.3 is 11.9 Å². The highest BCUT2D eigenvalue weighted by Gasteiger charge is 2.42. The molecule has 0 amide bonds. The molecule has 0 unspecified atom stereocenters. The van der Waals surface area contributed by atoms with Crippen molar-refractivity contribution < 1.29 is 29.3 Å². The van der Waals surface area contributed by atoms with Crippen LogP contribution in [0.4, 0.5) is 0 Å². The third-order valence-corrected chi connectivity index (χ3v) is 3.58. The predicted molar refractivity (Wildman–Crippen MR) is 83.6 cm³/mol. The second-order valence-electron chi connectivity index (χ2n) is 8.04. The van der Waals surface area contributed by atoms with Gasteiger partial charge in [-0.05, 0) is 41.5 Å². The Hall–Kier alpha value is -1.18. The first-order chi connectivity index (χ1) is 10.3. The number of esters is 2. The van der Waals surface area contributed by atoms with Crippen LogP contribution in [0.5, 0.6) is 0 Å². The highest BCUT2D eigenvalue weighted by molar-refractivity contribution is 5.76. The third-order valence-electron chi connectivity index (χ3n) is 3.58. The summed E-state index contributed by atoms with van der Waals surface area (Å²) in [5.74, 6) is -0.895. The van der Waals surface area contributed by atoms with Crippen molar-refractivity contribution in [3.63, 3.8) is 0 Å². The average Bonchev–Trinajstić information content (AvgIpc) is 2.39. The van der Waals surface area contributed by atoms with Crippen molar-refractivity contribution in [1.82, 2.24) is 5.32 Å². The van der Waals surface area contributed by atoms with Crippen molar-refractivity contribution in [3.05, 3.63) is 0 Å². The quantitative estimate of drug-likeness (QED) is 0.636. The van der Waals surface area contributed by atoms with Crippen molar-refractivity contribution in [2.45, 2.75) is 65.9 Å². The molecule has 7 nitrogen and oxygen atoms in total. The van der Waals surface area contributed by atoms with Crippen molar-refractivity contribution in [2.75, 3.05) is 13.2 Å². The molecule has 0 bridgehead atoms. The van der Waals surface area contributed by atoms with Gasteiger partial charge in [-0.15, -0.1) is 0 Å². The number of piperidine rings is 1. The number of carbonyl (C=O) groups is 2. The summed E-state index contributed by atoms with van der Waals surface area (Å²) in [6.07, 6.45) is -3.25. The van der Waals surface area contributed by atoms with Gasteiger partial charge in [0.15, 0.2) is 6.10 Å². The molecule has 0 spiro atoms. The zero-order valence-corrected chi connectivity index (χ0v) is 14.8. The number of carbonyl (C=O) groups excluding carboxylic acids is 2. The monoisotopic (exact) mass is 331 g/mol. The van der Waals surface area contributed by atoms with Crippen LogP contribution in [0.1, 0.15) is 41.5 Å². The highest BCUT2D eigenvalue weighted by Crippen LogP contribution is 2.22. The number of rotatable bonds is 3. The lowest BCUT2D eigenvalue weighted by Crippen LogP contribution is -2.62. The van der Waals surface area contributed by atoms with Crippen LogP contribution in [-0.4, -0.2) is 59.7 Å². The van der Waals surface area contributed by atoms with E-state index in [1.165, 1.54) is 0 Å². The molecular weight excluding hydrogens is 302 g/mol. The van der Waals surface area contributed by atoms with Gasteiger partial charge in [0.1, 0.15) is 18.8 Å². The molecule has 1 rings (SSSR count). The first-order valence-electron chi connectivity index (χ1n) is 7.82. The second-order valence-corrected chi connectivity index (χ2v) is 8.04. The van der Waals surface area contributed by atoms with E-state index in [-0.39, 0.29) is 19.1 Å². The molecule has 0 radical (unpaired) electrons. The first-order valence-corrected chi connectivity index (χ1v) is 7.82. The Labute approximate surface area is 137 Å². The first kappa shape index (κ1) is 19.9. The molecule has 0 aromatic heterocycles. The zero-order valence-electron chi connectivity index (χ0n) is 14.8. The Morgan fingerprint density at radius 2 is 1.57 bits per heavy atom. The van der Waals surface area contributed by atoms with E-state index >= 15 is 0 Å². The van der Waals surface area contributed by atoms with E-state index in [0.29, 0.717) is 0 Å². The lowest BCUT2D eigenvalue weighted by atomic mass is 9.94. The minimum Gasteiger partial charge on any atom is -0.464 e. The van der Waals surface area contributed by atoms with Crippen LogP contribution in [0.25, 0.3) is 0 Å². The van der Waals surface area contributed by atoms with E-state index in [1.54, 1.807) is 41.5 Å². The van der Waals surface area contributed by atoms with Crippen LogP contribution >= 0.6 is 0 Å². The number of nitrogens with one attached hydrogen (secondary N) is 1. The highest BCUT2D eigenvalue weighted by atomic mass is 16.6. The van der Waals surface area contributed by atoms with Crippen LogP contribution in [0.3, 0.4) is 0 Å². The maximum Gasteiger partial charge on any atom is 0.311 e. The minimum atomic E-state index is -1.17. The van der Waals surface area contributed by atoms with E-state index in [1.807, 2.05) is 0 Å². The minimum absolute atomic E-state index is 0.0619.